The summed E-state index contributed by atoms with van der Waals surface area (Å²) in [5.74, 6) is -3.04. The van der Waals surface area contributed by atoms with Crippen molar-refractivity contribution in [1.29, 1.82) is 0 Å². The summed E-state index contributed by atoms with van der Waals surface area (Å²) in [6.07, 6.45) is -0.0282. The standard InChI is InChI=1S/C20H24O8S.C15H16O5S.C6H13BrO2.CH2O3.2K.H/c1-6-28-20(23)17(12(10-24-2)19(22)27-5)18(21)16-8-11-7-13(25-3)14(26-4)9-15(11)29-16;1-4-20-15(17)7-10(16)14-6-9-5-11(18-2)12(19-3)8-13(9)21-14;1-5(9-3)6(7)4-8-2;2-1-4-3;;;/h7-9,12,17H,6,10H2,1-5H3;5-6,8H,4,7H2,1-3H3;5-6H,4H2,1-3H3;1,3H;;;/q;;;;2*+1;-1/p-1. The molecule has 4 aromatic rings. The maximum absolute atomic E-state index is 13.3. The van der Waals surface area contributed by atoms with Gasteiger partial charge in [-0.2, -0.15) is 0 Å². The fourth-order valence-corrected chi connectivity index (χ4v) is 7.88. The van der Waals surface area contributed by atoms with Gasteiger partial charge in [-0.25, -0.2) is 0 Å². The molecule has 2 aromatic heterocycles. The molecule has 0 N–H and O–H groups in total. The van der Waals surface area contributed by atoms with Crippen LogP contribution in [0.5, 0.6) is 23.0 Å². The molecule has 0 aliphatic heterocycles. The Balaban J connectivity index is -0.000000938. The van der Waals surface area contributed by atoms with E-state index in [1.54, 1.807) is 66.6 Å². The molecule has 23 heteroatoms. The van der Waals surface area contributed by atoms with Crippen molar-refractivity contribution in [1.82, 2.24) is 0 Å². The zero-order valence-corrected chi connectivity index (χ0v) is 48.4. The van der Waals surface area contributed by atoms with E-state index in [4.69, 9.17) is 57.4 Å². The molecule has 0 aliphatic rings. The van der Waals surface area contributed by atoms with Gasteiger partial charge in [0.05, 0.1) is 82.7 Å². The Morgan fingerprint density at radius 1 is 0.692 bits per heavy atom. The zero-order valence-electron chi connectivity index (χ0n) is 39.9. The van der Waals surface area contributed by atoms with E-state index in [9.17, 15) is 24.0 Å². The smallest absolute Gasteiger partial charge is 1.00 e. The summed E-state index contributed by atoms with van der Waals surface area (Å²) in [7, 11) is 12.1. The summed E-state index contributed by atoms with van der Waals surface area (Å²) in [6.45, 7) is 6.03. The average Bonchev–Trinajstić information content (AvgIpc) is 3.91. The molecule has 0 fully saturated rings. The maximum atomic E-state index is 13.3. The molecule has 0 saturated heterocycles. The van der Waals surface area contributed by atoms with Crippen molar-refractivity contribution in [3.8, 4) is 23.0 Å². The molecule has 0 radical (unpaired) electrons. The van der Waals surface area contributed by atoms with Crippen LogP contribution in [0.2, 0.25) is 0 Å². The number of carbonyl (C=O) groups excluding carboxylic acids is 6. The maximum Gasteiger partial charge on any atom is 1.00 e. The number of halogens is 1. The van der Waals surface area contributed by atoms with Crippen LogP contribution in [0.1, 0.15) is 48.0 Å². The van der Waals surface area contributed by atoms with Crippen LogP contribution in [0.25, 0.3) is 20.2 Å². The number of Topliss-reactive ketones (excluding diaryl/α,β-unsaturated/α-hetero) is 2. The van der Waals surface area contributed by atoms with Crippen LogP contribution in [0.4, 0.5) is 0 Å². The molecule has 0 spiro atoms. The third-order valence-corrected chi connectivity index (χ3v) is 11.8. The van der Waals surface area contributed by atoms with Crippen LogP contribution >= 0.6 is 38.6 Å². The third-order valence-electron chi connectivity index (χ3n) is 8.49. The predicted octanol–water partition coefficient (Wildman–Crippen LogP) is -0.243. The number of ketones is 2. The van der Waals surface area contributed by atoms with Crippen LogP contribution in [0.3, 0.4) is 0 Å². The van der Waals surface area contributed by atoms with E-state index >= 15 is 0 Å². The topological polar surface area (TPSA) is 227 Å². The van der Waals surface area contributed by atoms with Crippen molar-refractivity contribution in [2.24, 2.45) is 11.8 Å². The van der Waals surface area contributed by atoms with E-state index in [-0.39, 0.29) is 149 Å². The molecule has 65 heavy (non-hydrogen) atoms. The van der Waals surface area contributed by atoms with Crippen molar-refractivity contribution in [2.75, 3.05) is 83.3 Å². The monoisotopic (exact) mass is 1070 g/mol. The minimum Gasteiger partial charge on any atom is -1.00 e. The zero-order chi connectivity index (χ0) is 47.6. The normalized spacial score (nSPS) is 11.8. The van der Waals surface area contributed by atoms with Gasteiger partial charge in [0, 0.05) is 42.9 Å². The number of hydrogen-bond acceptors (Lipinski definition) is 20. The molecular formula is C42H55BrK2O18S2. The van der Waals surface area contributed by atoms with Gasteiger partial charge in [-0.1, -0.05) is 15.9 Å². The van der Waals surface area contributed by atoms with Crippen LogP contribution < -0.4 is 127 Å². The number of methoxy groups -OCH3 is 8. The van der Waals surface area contributed by atoms with E-state index in [2.05, 4.69) is 20.8 Å². The Morgan fingerprint density at radius 3 is 1.54 bits per heavy atom. The molecular weight excluding hydrogens is 1010 g/mol. The summed E-state index contributed by atoms with van der Waals surface area (Å²) in [6, 6.07) is 10.5. The van der Waals surface area contributed by atoms with Crippen molar-refractivity contribution >= 4 is 94.7 Å². The minimum atomic E-state index is -1.38. The first-order chi connectivity index (χ1) is 30.1. The number of fused-ring (bicyclic) bond motifs is 2. The quantitative estimate of drug-likeness (QED) is 0.0121. The molecule has 4 unspecified atom stereocenters. The first kappa shape index (κ1) is 65.5. The van der Waals surface area contributed by atoms with Gasteiger partial charge in [-0.3, -0.25) is 28.8 Å². The summed E-state index contributed by atoms with van der Waals surface area (Å²) in [5, 5.41) is 10.1. The number of ether oxygens (including phenoxy) is 10. The second-order valence-corrected chi connectivity index (χ2v) is 15.7. The van der Waals surface area contributed by atoms with Crippen LogP contribution in [0, 0.1) is 11.8 Å². The predicted molar refractivity (Wildman–Crippen MR) is 237 cm³/mol. The van der Waals surface area contributed by atoms with Crippen molar-refractivity contribution < 1.29 is 190 Å². The molecule has 0 bridgehead atoms. The fourth-order valence-electron chi connectivity index (χ4n) is 5.33. The number of alkyl halides is 1. The number of hydrogen-bond donors (Lipinski definition) is 0. The molecule has 0 saturated carbocycles. The molecule has 4 rings (SSSR count). The second-order valence-electron chi connectivity index (χ2n) is 12.4. The average molecular weight is 1070 g/mol. The number of carbonyl (C=O) groups is 6. The number of thiophene rings is 2. The van der Waals surface area contributed by atoms with Crippen LogP contribution in [0.15, 0.2) is 36.4 Å². The van der Waals surface area contributed by atoms with Gasteiger partial charge < -0.3 is 58.9 Å². The Labute approximate surface area is 481 Å². The van der Waals surface area contributed by atoms with Crippen LogP contribution in [-0.4, -0.2) is 130 Å². The van der Waals surface area contributed by atoms with Crippen molar-refractivity contribution in [2.45, 2.75) is 38.1 Å². The Kier molecular flexibility index (Phi) is 36.6. The van der Waals surface area contributed by atoms with E-state index in [0.717, 1.165) is 20.2 Å². The Morgan fingerprint density at radius 2 is 1.14 bits per heavy atom. The van der Waals surface area contributed by atoms with Gasteiger partial charge in [-0.15, -0.1) is 22.7 Å². The van der Waals surface area contributed by atoms with E-state index in [0.29, 0.717) is 44.2 Å². The number of esters is 3. The van der Waals surface area contributed by atoms with Gasteiger partial charge in [0.15, 0.2) is 34.6 Å². The minimum absolute atomic E-state index is 0. The first-order valence-corrected chi connectivity index (χ1v) is 21.3. The summed E-state index contributed by atoms with van der Waals surface area (Å²) < 4.78 is 52.3. The molecule has 2 heterocycles. The molecule has 0 amide bonds. The van der Waals surface area contributed by atoms with Gasteiger partial charge in [0.1, 0.15) is 18.3 Å². The number of benzene rings is 2. The number of rotatable bonds is 21. The van der Waals surface area contributed by atoms with Gasteiger partial charge in [0.25, 0.3) is 6.47 Å². The third kappa shape index (κ3) is 21.3. The van der Waals surface area contributed by atoms with Crippen molar-refractivity contribution in [3.63, 3.8) is 0 Å². The van der Waals surface area contributed by atoms with E-state index in [1.807, 2.05) is 19.1 Å². The summed E-state index contributed by atoms with van der Waals surface area (Å²) in [4.78, 5) is 73.9. The second kappa shape index (κ2) is 36.4. The molecule has 352 valence electrons. The Bertz CT molecular complexity index is 2000. The summed E-state index contributed by atoms with van der Waals surface area (Å²) >= 11 is 5.92. The van der Waals surface area contributed by atoms with Crippen molar-refractivity contribution in [3.05, 3.63) is 46.2 Å². The van der Waals surface area contributed by atoms with Crippen LogP contribution in [-0.2, 0) is 52.5 Å². The molecule has 18 nitrogen and oxygen atoms in total. The SMILES string of the molecule is CCOC(=O)C(C(=O)c1cc2cc(OC)c(OC)cc2s1)C(COC)C(=O)OC.CCOC(=O)CC(=O)c1cc2cc(OC)c(OC)cc2s1.COCC(Br)C(C)OC.O=CO[O-].[H-].[K+].[K+]. The van der Waals surface area contributed by atoms with Gasteiger partial charge in [-0.05, 0) is 55.8 Å². The van der Waals surface area contributed by atoms with Gasteiger partial charge >= 0.3 is 121 Å². The molecule has 0 aliphatic carbocycles. The molecule has 4 atom stereocenters. The first-order valence-electron chi connectivity index (χ1n) is 18.8. The Hall–Kier alpha value is -1.63. The van der Waals surface area contributed by atoms with Gasteiger partial charge in [0.2, 0.25) is 0 Å². The van der Waals surface area contributed by atoms with E-state index < -0.39 is 35.5 Å². The molecule has 2 aromatic carbocycles. The largest absolute Gasteiger partial charge is 1.00 e. The summed E-state index contributed by atoms with van der Waals surface area (Å²) in [5.41, 5.74) is 0. The fraction of sp³-hybridized carbons (Fsp3) is 0.476. The van der Waals surface area contributed by atoms with E-state index in [1.165, 1.54) is 51.1 Å².